The van der Waals surface area contributed by atoms with Crippen molar-refractivity contribution >= 4 is 24.4 Å². The molecule has 1 amide bonds. The number of anilines is 1. The molecule has 0 atom stereocenters. The summed E-state index contributed by atoms with van der Waals surface area (Å²) in [5, 5.41) is 13.6. The third kappa shape index (κ3) is 3.94. The summed E-state index contributed by atoms with van der Waals surface area (Å²) in [5.74, 6) is -0.431. The quantitative estimate of drug-likeness (QED) is 0.569. The van der Waals surface area contributed by atoms with Gasteiger partial charge in [0.25, 0.3) is 0 Å². The van der Waals surface area contributed by atoms with Gasteiger partial charge < -0.3 is 25.0 Å². The van der Waals surface area contributed by atoms with Crippen LogP contribution in [0.5, 0.6) is 0 Å². The Hall–Kier alpha value is -1.80. The molecule has 1 aliphatic rings. The minimum Gasteiger partial charge on any atom is -0.465 e. The standard InChI is InChI=1S/C15H22BFN2O4/c1-14(2)15(3,4)23-16(22-14)11-6-5-10(9-12(11)17)18-7-8-19-13(20)21/h5-6,9,18-19H,7-8H2,1-4H3,(H,20,21). The number of nitrogens with one attached hydrogen (secondary N) is 2. The molecule has 1 aromatic carbocycles. The molecule has 0 aliphatic carbocycles. The van der Waals surface area contributed by atoms with Crippen LogP contribution in [0.15, 0.2) is 18.2 Å². The number of hydrogen-bond donors (Lipinski definition) is 3. The topological polar surface area (TPSA) is 79.8 Å². The number of benzene rings is 1. The lowest BCUT2D eigenvalue weighted by Crippen LogP contribution is -2.41. The van der Waals surface area contributed by atoms with E-state index in [1.165, 1.54) is 6.07 Å². The van der Waals surface area contributed by atoms with E-state index < -0.39 is 30.2 Å². The summed E-state index contributed by atoms with van der Waals surface area (Å²) < 4.78 is 26.0. The van der Waals surface area contributed by atoms with Gasteiger partial charge in [0, 0.05) is 24.2 Å². The van der Waals surface area contributed by atoms with Crippen molar-refractivity contribution in [2.45, 2.75) is 38.9 Å². The fraction of sp³-hybridized carbons (Fsp3) is 0.533. The van der Waals surface area contributed by atoms with Crippen LogP contribution in [0.4, 0.5) is 14.9 Å². The number of carbonyl (C=O) groups is 1. The second-order valence-electron chi connectivity index (χ2n) is 6.48. The molecule has 8 heteroatoms. The average Bonchev–Trinajstić information content (AvgIpc) is 2.63. The van der Waals surface area contributed by atoms with Crippen LogP contribution in [0.1, 0.15) is 27.7 Å². The lowest BCUT2D eigenvalue weighted by atomic mass is 9.78. The highest BCUT2D eigenvalue weighted by Gasteiger charge is 2.52. The van der Waals surface area contributed by atoms with Crippen LogP contribution in [0.25, 0.3) is 0 Å². The lowest BCUT2D eigenvalue weighted by molar-refractivity contribution is 0.00578. The Morgan fingerprint density at radius 3 is 2.35 bits per heavy atom. The van der Waals surface area contributed by atoms with Crippen molar-refractivity contribution in [1.29, 1.82) is 0 Å². The van der Waals surface area contributed by atoms with Crippen molar-refractivity contribution in [1.82, 2.24) is 5.32 Å². The van der Waals surface area contributed by atoms with Gasteiger partial charge in [0.15, 0.2) is 0 Å². The molecule has 0 spiro atoms. The van der Waals surface area contributed by atoms with Crippen LogP contribution in [0, 0.1) is 5.82 Å². The third-order valence-corrected chi connectivity index (χ3v) is 4.24. The Kier molecular flexibility index (Phi) is 4.86. The zero-order chi connectivity index (χ0) is 17.3. The second-order valence-corrected chi connectivity index (χ2v) is 6.48. The number of amides is 1. The largest absolute Gasteiger partial charge is 0.497 e. The van der Waals surface area contributed by atoms with Crippen molar-refractivity contribution in [2.75, 3.05) is 18.4 Å². The Morgan fingerprint density at radius 1 is 1.22 bits per heavy atom. The molecule has 126 valence electrons. The number of carboxylic acid groups (broad SMARTS) is 1. The first-order valence-electron chi connectivity index (χ1n) is 7.48. The zero-order valence-electron chi connectivity index (χ0n) is 13.8. The van der Waals surface area contributed by atoms with E-state index in [0.717, 1.165) is 0 Å². The molecule has 1 aromatic rings. The molecule has 6 nitrogen and oxygen atoms in total. The first kappa shape index (κ1) is 17.6. The lowest BCUT2D eigenvalue weighted by Gasteiger charge is -2.32. The molecule has 0 radical (unpaired) electrons. The average molecular weight is 324 g/mol. The Balaban J connectivity index is 2.02. The van der Waals surface area contributed by atoms with Gasteiger partial charge in [-0.15, -0.1) is 0 Å². The van der Waals surface area contributed by atoms with E-state index in [4.69, 9.17) is 14.4 Å². The molecule has 1 aliphatic heterocycles. The monoisotopic (exact) mass is 324 g/mol. The zero-order valence-corrected chi connectivity index (χ0v) is 13.8. The molecule has 0 saturated carbocycles. The highest BCUT2D eigenvalue weighted by molar-refractivity contribution is 6.62. The summed E-state index contributed by atoms with van der Waals surface area (Å²) in [6.07, 6.45) is -1.09. The molecule has 1 heterocycles. The highest BCUT2D eigenvalue weighted by Crippen LogP contribution is 2.36. The summed E-state index contributed by atoms with van der Waals surface area (Å²) in [6.45, 7) is 8.25. The van der Waals surface area contributed by atoms with Gasteiger partial charge in [-0.3, -0.25) is 0 Å². The van der Waals surface area contributed by atoms with Crippen molar-refractivity contribution < 1.29 is 23.6 Å². The molecule has 0 unspecified atom stereocenters. The van der Waals surface area contributed by atoms with Gasteiger partial charge in [0.05, 0.1) is 11.2 Å². The minimum atomic E-state index is -1.09. The van der Waals surface area contributed by atoms with Gasteiger partial charge >= 0.3 is 13.2 Å². The predicted octanol–water partition coefficient (Wildman–Crippen LogP) is 1.80. The molecule has 0 aromatic heterocycles. The molecular weight excluding hydrogens is 302 g/mol. The molecule has 1 saturated heterocycles. The summed E-state index contributed by atoms with van der Waals surface area (Å²) >= 11 is 0. The molecule has 23 heavy (non-hydrogen) atoms. The van der Waals surface area contributed by atoms with Crippen LogP contribution >= 0.6 is 0 Å². The van der Waals surface area contributed by atoms with Crippen LogP contribution in [0.2, 0.25) is 0 Å². The maximum Gasteiger partial charge on any atom is 0.497 e. The van der Waals surface area contributed by atoms with Gasteiger partial charge in [-0.05, 0) is 39.8 Å². The third-order valence-electron chi connectivity index (χ3n) is 4.24. The molecular formula is C15H22BFN2O4. The van der Waals surface area contributed by atoms with E-state index >= 15 is 0 Å². The molecule has 0 bridgehead atoms. The van der Waals surface area contributed by atoms with Crippen molar-refractivity contribution in [3.63, 3.8) is 0 Å². The normalized spacial score (nSPS) is 18.7. The smallest absolute Gasteiger partial charge is 0.465 e. The van der Waals surface area contributed by atoms with Crippen LogP contribution in [-0.4, -0.2) is 42.6 Å². The van der Waals surface area contributed by atoms with E-state index in [-0.39, 0.29) is 6.54 Å². The van der Waals surface area contributed by atoms with E-state index in [0.29, 0.717) is 17.7 Å². The van der Waals surface area contributed by atoms with Gasteiger partial charge in [0.2, 0.25) is 0 Å². The van der Waals surface area contributed by atoms with Crippen LogP contribution in [0.3, 0.4) is 0 Å². The second kappa shape index (κ2) is 6.37. The summed E-state index contributed by atoms with van der Waals surface area (Å²) in [4.78, 5) is 10.3. The van der Waals surface area contributed by atoms with Crippen molar-refractivity contribution in [2.24, 2.45) is 0 Å². The highest BCUT2D eigenvalue weighted by atomic mass is 19.1. The first-order valence-corrected chi connectivity index (χ1v) is 7.48. The van der Waals surface area contributed by atoms with E-state index in [9.17, 15) is 9.18 Å². The Labute approximate surface area is 135 Å². The molecule has 1 fully saturated rings. The van der Waals surface area contributed by atoms with Gasteiger partial charge in [-0.1, -0.05) is 6.07 Å². The first-order chi connectivity index (χ1) is 10.6. The summed E-state index contributed by atoms with van der Waals surface area (Å²) in [5.41, 5.74) is -0.139. The maximum atomic E-state index is 14.3. The molecule has 3 N–H and O–H groups in total. The summed E-state index contributed by atoms with van der Waals surface area (Å²) in [6, 6.07) is 4.68. The number of rotatable bonds is 5. The van der Waals surface area contributed by atoms with Crippen LogP contribution < -0.4 is 16.1 Å². The van der Waals surface area contributed by atoms with E-state index in [1.54, 1.807) is 12.1 Å². The van der Waals surface area contributed by atoms with Crippen molar-refractivity contribution in [3.8, 4) is 0 Å². The number of hydrogen-bond acceptors (Lipinski definition) is 4. The summed E-state index contributed by atoms with van der Waals surface area (Å²) in [7, 11) is -0.747. The number of halogens is 1. The fourth-order valence-electron chi connectivity index (χ4n) is 2.17. The SMILES string of the molecule is CC1(C)OB(c2ccc(NCCNC(=O)O)cc2F)OC1(C)C. The van der Waals surface area contributed by atoms with Gasteiger partial charge in [-0.2, -0.15) is 0 Å². The predicted molar refractivity (Wildman–Crippen MR) is 86.6 cm³/mol. The Bertz CT molecular complexity index is 579. The Morgan fingerprint density at radius 2 is 1.83 bits per heavy atom. The van der Waals surface area contributed by atoms with Gasteiger partial charge in [-0.25, -0.2) is 9.18 Å². The minimum absolute atomic E-state index is 0.232. The van der Waals surface area contributed by atoms with Crippen LogP contribution in [-0.2, 0) is 9.31 Å². The van der Waals surface area contributed by atoms with Crippen molar-refractivity contribution in [3.05, 3.63) is 24.0 Å². The van der Waals surface area contributed by atoms with E-state index in [1.807, 2.05) is 27.7 Å². The molecule has 2 rings (SSSR count). The fourth-order valence-corrected chi connectivity index (χ4v) is 2.17. The van der Waals surface area contributed by atoms with Gasteiger partial charge in [0.1, 0.15) is 5.82 Å². The maximum absolute atomic E-state index is 14.3. The van der Waals surface area contributed by atoms with E-state index in [2.05, 4.69) is 10.6 Å².